The monoisotopic (exact) mass is 1530 g/mol. The molecule has 0 bridgehead atoms. The molecule has 0 radical (unpaired) electrons. The molecule has 5 aromatic carbocycles. The molecule has 0 aliphatic carbocycles. The maximum Gasteiger partial charge on any atom is 0.190 e. The van der Waals surface area contributed by atoms with Gasteiger partial charge in [-0.2, -0.15) is 36.2 Å². The van der Waals surface area contributed by atoms with Gasteiger partial charge in [-0.15, -0.1) is 23.5 Å². The number of carbonyl (C=O) groups excluding carboxylic acids is 1. The van der Waals surface area contributed by atoms with Crippen LogP contribution in [0.15, 0.2) is 107 Å². The van der Waals surface area contributed by atoms with Crippen LogP contribution in [0.25, 0.3) is 0 Å². The van der Waals surface area contributed by atoms with Crippen molar-refractivity contribution in [3.05, 3.63) is 147 Å². The second-order valence-electron chi connectivity index (χ2n) is 29.1. The van der Waals surface area contributed by atoms with E-state index in [-0.39, 0.29) is 12.3 Å². The highest BCUT2D eigenvalue weighted by atomic mass is 32.2. The van der Waals surface area contributed by atoms with E-state index >= 15 is 0 Å². The van der Waals surface area contributed by atoms with E-state index < -0.39 is 11.1 Å². The summed E-state index contributed by atoms with van der Waals surface area (Å²) in [6.07, 6.45) is 47.7. The maximum absolute atomic E-state index is 11.3. The minimum absolute atomic E-state index is 0. The third kappa shape index (κ3) is 45.6. The number of carbonyl (C=O) groups is 1. The van der Waals surface area contributed by atoms with Gasteiger partial charge in [-0.25, -0.2) is 4.21 Å². The highest BCUT2D eigenvalue weighted by molar-refractivity contribution is 8.00. The number of thiol groups is 1. The van der Waals surface area contributed by atoms with Crippen LogP contribution in [0.2, 0.25) is 0 Å². The summed E-state index contributed by atoms with van der Waals surface area (Å²) in [7, 11) is 0. The van der Waals surface area contributed by atoms with Crippen molar-refractivity contribution in [3.8, 4) is 17.2 Å². The molecule has 1 aliphatic heterocycles. The zero-order chi connectivity index (χ0) is 75.0. The molecular weight excluding hydrogens is 1380 g/mol. The van der Waals surface area contributed by atoms with Crippen molar-refractivity contribution in [2.24, 2.45) is 5.92 Å². The SMILES string of the molecule is C.CCCCC(CC)COc1ccc(C=O)cc1S(=O)O.CCCCCCCCCCCCc1ccc2c(c1)C(C)CC(C)(C)S2.CCCCCCCCOc1ccc(C(C)SC(C)c2ccc(C)cc2)cc1.CCCCCCCCSCc1cc(C)c(O)c(CSCCCCCCCC)c1.CS. The van der Waals surface area contributed by atoms with Gasteiger partial charge in [0.25, 0.3) is 0 Å². The lowest BCUT2D eigenvalue weighted by molar-refractivity contribution is 0.112. The molecule has 0 saturated carbocycles. The zero-order valence-corrected chi connectivity index (χ0v) is 71.9. The van der Waals surface area contributed by atoms with Gasteiger partial charge in [-0.1, -0.05) is 309 Å². The van der Waals surface area contributed by atoms with E-state index in [4.69, 9.17) is 9.47 Å². The molecule has 586 valence electrons. The third-order valence-electron chi connectivity index (χ3n) is 19.2. The van der Waals surface area contributed by atoms with Crippen molar-refractivity contribution >= 4 is 77.0 Å². The van der Waals surface area contributed by atoms with Gasteiger partial charge >= 0.3 is 0 Å². The first-order chi connectivity index (χ1) is 49.4. The summed E-state index contributed by atoms with van der Waals surface area (Å²) in [5.41, 5.74) is 11.2. The quantitative estimate of drug-likeness (QED) is 0.0151. The lowest BCUT2D eigenvalue weighted by Gasteiger charge is -2.35. The largest absolute Gasteiger partial charge is 0.507 e. The predicted molar refractivity (Wildman–Crippen MR) is 469 cm³/mol. The standard InChI is InChI=1S/C25H44OS2.C25H36OS.C24H40S.C15H22O4S.CH4S.CH4/c1-4-6-8-10-12-14-16-27-20-23-18-22(3)25(26)24(19-23)21-28-17-15-13-11-9-7-5-2;1-5-6-7-8-9-10-19-26-25-17-15-24(16-18-25)22(4)27-21(3)23-13-11-20(2)12-14-23;1-5-6-7-8-9-10-11-12-13-14-15-21-16-17-23-22(18-21)20(2)19-24(3,4)25-23;1-3-5-6-12(4-2)11-19-14-8-7-13(10-16)9-15(14)20(17)18;1-2;/h18-19,26H,4-17,20-21H2,1-3H3;11-18,21-22H,5-10,19H2,1-4H3;16-18,20H,5-15,19H2,1-4H3;7-10,12H,3-6,11H2,1-2H3,(H,17,18);2H,1H3;1H4. The molecule has 0 aromatic heterocycles. The molecule has 12 heteroatoms. The maximum atomic E-state index is 11.3. The molecule has 0 spiro atoms. The van der Waals surface area contributed by atoms with Crippen molar-refractivity contribution in [2.75, 3.05) is 31.0 Å². The molecule has 0 saturated heterocycles. The molecular formula is C91H150O6S6. The number of hydrogen-bond acceptors (Lipinski definition) is 10. The fraction of sp³-hybridized carbons (Fsp3) is 0.659. The van der Waals surface area contributed by atoms with Crippen LogP contribution < -0.4 is 9.47 Å². The highest BCUT2D eigenvalue weighted by Crippen LogP contribution is 2.48. The van der Waals surface area contributed by atoms with Gasteiger partial charge in [0, 0.05) is 42.8 Å². The topological polar surface area (TPSA) is 93.1 Å². The lowest BCUT2D eigenvalue weighted by Crippen LogP contribution is -2.22. The van der Waals surface area contributed by atoms with E-state index in [9.17, 15) is 18.7 Å². The number of aldehydes is 1. The van der Waals surface area contributed by atoms with Crippen LogP contribution in [0.3, 0.4) is 0 Å². The first kappa shape index (κ1) is 98.0. The van der Waals surface area contributed by atoms with Crippen molar-refractivity contribution in [1.29, 1.82) is 0 Å². The number of phenolic OH excluding ortho intramolecular Hbond substituents is 1. The van der Waals surface area contributed by atoms with E-state index in [2.05, 4.69) is 186 Å². The molecule has 5 atom stereocenters. The molecule has 103 heavy (non-hydrogen) atoms. The number of fused-ring (bicyclic) bond motifs is 1. The summed E-state index contributed by atoms with van der Waals surface area (Å²) in [6.45, 7) is 30.7. The van der Waals surface area contributed by atoms with Gasteiger partial charge in [0.15, 0.2) is 11.1 Å². The Morgan fingerprint density at radius 1 is 0.592 bits per heavy atom. The average molecular weight is 1530 g/mol. The summed E-state index contributed by atoms with van der Waals surface area (Å²) < 4.78 is 32.5. The summed E-state index contributed by atoms with van der Waals surface area (Å²) in [4.78, 5) is 12.4. The molecule has 5 unspecified atom stereocenters. The fourth-order valence-corrected chi connectivity index (χ4v) is 18.0. The summed E-state index contributed by atoms with van der Waals surface area (Å²) in [6, 6.07) is 33.9. The van der Waals surface area contributed by atoms with Crippen LogP contribution in [0.4, 0.5) is 0 Å². The van der Waals surface area contributed by atoms with Crippen LogP contribution in [0.1, 0.15) is 367 Å². The highest BCUT2D eigenvalue weighted by Gasteiger charge is 2.30. The number of hydrogen-bond donors (Lipinski definition) is 3. The third-order valence-corrected chi connectivity index (χ3v) is 24.8. The molecule has 5 aromatic rings. The van der Waals surface area contributed by atoms with Gasteiger partial charge in [0.2, 0.25) is 0 Å². The summed E-state index contributed by atoms with van der Waals surface area (Å²) in [5.74, 6) is 7.53. The van der Waals surface area contributed by atoms with Gasteiger partial charge in [-0.05, 0) is 172 Å². The Hall–Kier alpha value is -2.97. The number of rotatable bonds is 50. The number of thioether (sulfide) groups is 4. The fourth-order valence-electron chi connectivity index (χ4n) is 12.9. The molecule has 0 fully saturated rings. The molecule has 0 amide bonds. The average Bonchev–Trinajstić information content (AvgIpc) is 0.795. The Balaban J connectivity index is 0.000000683. The van der Waals surface area contributed by atoms with E-state index in [0.29, 0.717) is 57.0 Å². The van der Waals surface area contributed by atoms with Crippen molar-refractivity contribution in [1.82, 2.24) is 0 Å². The van der Waals surface area contributed by atoms with Gasteiger partial charge in [-0.3, -0.25) is 4.79 Å². The predicted octanol–water partition coefficient (Wildman–Crippen LogP) is 30.6. The van der Waals surface area contributed by atoms with Crippen LogP contribution in [0.5, 0.6) is 17.2 Å². The summed E-state index contributed by atoms with van der Waals surface area (Å²) in [5, 5.41) is 11.4. The van der Waals surface area contributed by atoms with Gasteiger partial charge < -0.3 is 19.1 Å². The zero-order valence-electron chi connectivity index (χ0n) is 66.9. The van der Waals surface area contributed by atoms with E-state index in [1.54, 1.807) is 29.5 Å². The Labute approximate surface area is 659 Å². The number of unbranched alkanes of at least 4 members (excludes halogenated alkanes) is 25. The minimum Gasteiger partial charge on any atom is -0.507 e. The number of aryl methyl sites for hydroxylation is 3. The smallest absolute Gasteiger partial charge is 0.190 e. The van der Waals surface area contributed by atoms with Crippen LogP contribution >= 0.6 is 59.7 Å². The van der Waals surface area contributed by atoms with Crippen molar-refractivity contribution in [3.63, 3.8) is 0 Å². The van der Waals surface area contributed by atoms with Crippen LogP contribution in [-0.2, 0) is 29.0 Å². The van der Waals surface area contributed by atoms with E-state index in [1.807, 2.05) is 42.2 Å². The first-order valence-corrected chi connectivity index (χ1v) is 46.5. The number of ether oxygens (including phenoxy) is 2. The van der Waals surface area contributed by atoms with Gasteiger partial charge in [0.05, 0.1) is 13.2 Å². The normalized spacial score (nSPS) is 13.9. The Morgan fingerprint density at radius 2 is 1.09 bits per heavy atom. The second-order valence-corrected chi connectivity index (χ2v) is 35.7. The first-order valence-electron chi connectivity index (χ1n) is 40.4. The molecule has 2 N–H and O–H groups in total. The van der Waals surface area contributed by atoms with Crippen LogP contribution in [-0.4, -0.2) is 55.9 Å². The molecule has 1 heterocycles. The second kappa shape index (κ2) is 62.9. The Bertz CT molecular complexity index is 2880. The van der Waals surface area contributed by atoms with E-state index in [1.165, 1.54) is 231 Å². The van der Waals surface area contributed by atoms with Crippen molar-refractivity contribution in [2.45, 2.75) is 358 Å². The minimum atomic E-state index is -2.16. The van der Waals surface area contributed by atoms with Gasteiger partial charge in [0.1, 0.15) is 28.4 Å². The molecule has 1 aliphatic rings. The Morgan fingerprint density at radius 3 is 1.60 bits per heavy atom. The van der Waals surface area contributed by atoms with Crippen LogP contribution in [0, 0.1) is 19.8 Å². The number of benzene rings is 5. The lowest BCUT2D eigenvalue weighted by atomic mass is 9.89. The molecule has 6 rings (SSSR count). The van der Waals surface area contributed by atoms with Crippen molar-refractivity contribution < 1.29 is 28.1 Å². The molecule has 6 nitrogen and oxygen atoms in total. The van der Waals surface area contributed by atoms with E-state index in [0.717, 1.165) is 67.1 Å². The Kier molecular flexibility index (Phi) is 59.8. The summed E-state index contributed by atoms with van der Waals surface area (Å²) >= 11 is 9.47. The number of aromatic hydroxyl groups is 1. The number of phenols is 1.